The van der Waals surface area contributed by atoms with Crippen LogP contribution in [0.2, 0.25) is 0 Å². The molecule has 0 radical (unpaired) electrons. The molecule has 3 atom stereocenters. The third-order valence-electron chi connectivity index (χ3n) is 2.97. The summed E-state index contributed by atoms with van der Waals surface area (Å²) in [5.41, 5.74) is 0. The van der Waals surface area contributed by atoms with Gasteiger partial charge in [-0.1, -0.05) is 0 Å². The highest BCUT2D eigenvalue weighted by molar-refractivity contribution is 7.89. The first kappa shape index (κ1) is 10.4. The maximum atomic E-state index is 11.8. The Labute approximate surface area is 84.1 Å². The Morgan fingerprint density at radius 2 is 2.29 bits per heavy atom. The molecular weight excluding hydrogens is 204 g/mol. The Bertz CT molecular complexity index is 304. The topological polar surface area (TPSA) is 69.6 Å². The number of aliphatic hydroxyl groups is 1. The van der Waals surface area contributed by atoms with Crippen LogP contribution in [-0.2, 0) is 10.0 Å². The first-order valence-corrected chi connectivity index (χ1v) is 6.58. The van der Waals surface area contributed by atoms with Gasteiger partial charge in [-0.15, -0.1) is 0 Å². The molecule has 0 aliphatic carbocycles. The van der Waals surface area contributed by atoms with Gasteiger partial charge in [0.25, 0.3) is 0 Å². The molecule has 2 saturated heterocycles. The predicted octanol–water partition coefficient (Wildman–Crippen LogP) is -1.26. The summed E-state index contributed by atoms with van der Waals surface area (Å²) >= 11 is 0. The van der Waals surface area contributed by atoms with Gasteiger partial charge in [-0.25, -0.2) is 8.42 Å². The van der Waals surface area contributed by atoms with Crippen molar-refractivity contribution in [2.45, 2.75) is 24.9 Å². The molecule has 0 aromatic rings. The number of nitrogens with zero attached hydrogens (tertiary/aromatic N) is 1. The summed E-state index contributed by atoms with van der Waals surface area (Å²) in [6.07, 6.45) is 1.63. The quantitative estimate of drug-likeness (QED) is 0.579. The lowest BCUT2D eigenvalue weighted by Gasteiger charge is -2.36. The second-order valence-corrected chi connectivity index (χ2v) is 6.01. The van der Waals surface area contributed by atoms with E-state index in [4.69, 9.17) is 5.11 Å². The first-order chi connectivity index (χ1) is 6.63. The monoisotopic (exact) mass is 220 g/mol. The molecule has 1 unspecified atom stereocenters. The highest BCUT2D eigenvalue weighted by atomic mass is 32.2. The SMILES string of the molecule is O=S1(=O)CCC[C@@H]2CN1[C@@H](CO)CN2. The minimum absolute atomic E-state index is 0.0983. The Balaban J connectivity index is 2.25. The lowest BCUT2D eigenvalue weighted by atomic mass is 10.1. The summed E-state index contributed by atoms with van der Waals surface area (Å²) in [6.45, 7) is 0.993. The second kappa shape index (κ2) is 3.77. The molecule has 2 aliphatic heterocycles. The van der Waals surface area contributed by atoms with Gasteiger partial charge in [0.15, 0.2) is 0 Å². The molecule has 82 valence electrons. The lowest BCUT2D eigenvalue weighted by molar-refractivity contribution is 0.146. The van der Waals surface area contributed by atoms with E-state index in [9.17, 15) is 8.42 Å². The lowest BCUT2D eigenvalue weighted by Crippen LogP contribution is -2.58. The zero-order valence-corrected chi connectivity index (χ0v) is 8.83. The van der Waals surface area contributed by atoms with Crippen LogP contribution in [0, 0.1) is 0 Å². The third-order valence-corrected chi connectivity index (χ3v) is 4.94. The van der Waals surface area contributed by atoms with Crippen molar-refractivity contribution in [1.29, 1.82) is 0 Å². The number of aliphatic hydroxyl groups excluding tert-OH is 1. The number of piperazine rings is 1. The largest absolute Gasteiger partial charge is 0.395 e. The van der Waals surface area contributed by atoms with Gasteiger partial charge in [0.05, 0.1) is 18.4 Å². The maximum absolute atomic E-state index is 11.8. The fraction of sp³-hybridized carbons (Fsp3) is 1.00. The van der Waals surface area contributed by atoms with Crippen LogP contribution in [0.3, 0.4) is 0 Å². The van der Waals surface area contributed by atoms with Crippen molar-refractivity contribution in [2.24, 2.45) is 0 Å². The molecule has 0 aromatic heterocycles. The fourth-order valence-corrected chi connectivity index (χ4v) is 3.92. The molecule has 2 rings (SSSR count). The summed E-state index contributed by atoms with van der Waals surface area (Å²) in [6, 6.07) is 0.00410. The molecule has 14 heavy (non-hydrogen) atoms. The van der Waals surface area contributed by atoms with Gasteiger partial charge in [-0.3, -0.25) is 0 Å². The number of nitrogens with one attached hydrogen (secondary N) is 1. The van der Waals surface area contributed by atoms with Crippen molar-refractivity contribution < 1.29 is 13.5 Å². The molecule has 0 saturated carbocycles. The smallest absolute Gasteiger partial charge is 0.214 e. The molecule has 2 aliphatic rings. The van der Waals surface area contributed by atoms with Crippen molar-refractivity contribution in [3.63, 3.8) is 0 Å². The molecule has 2 bridgehead atoms. The molecular formula is C8H16N2O3S. The normalized spacial score (nSPS) is 41.6. The Kier molecular flexibility index (Phi) is 2.79. The van der Waals surface area contributed by atoms with E-state index in [0.29, 0.717) is 19.5 Å². The van der Waals surface area contributed by atoms with E-state index in [-0.39, 0.29) is 24.4 Å². The third kappa shape index (κ3) is 1.79. The van der Waals surface area contributed by atoms with Gasteiger partial charge >= 0.3 is 0 Å². The number of rotatable bonds is 1. The van der Waals surface area contributed by atoms with E-state index in [2.05, 4.69) is 5.32 Å². The standard InChI is InChI=1S/C8H16N2O3S/c11-6-8-4-9-7-2-1-3-14(12,13)10(8)5-7/h7-9,11H,1-6H2/t7-,8-/m1/s1. The van der Waals surface area contributed by atoms with Gasteiger partial charge in [0.2, 0.25) is 10.0 Å². The summed E-state index contributed by atoms with van der Waals surface area (Å²) in [7, 11) is -3.12. The van der Waals surface area contributed by atoms with Gasteiger partial charge < -0.3 is 10.4 Å². The molecule has 2 N–H and O–H groups in total. The first-order valence-electron chi connectivity index (χ1n) is 4.97. The maximum Gasteiger partial charge on any atom is 0.214 e. The zero-order valence-electron chi connectivity index (χ0n) is 8.02. The highest BCUT2D eigenvalue weighted by Gasteiger charge is 2.37. The zero-order chi connectivity index (χ0) is 10.2. The molecule has 0 spiro atoms. The minimum atomic E-state index is -3.12. The van der Waals surface area contributed by atoms with Crippen molar-refractivity contribution in [3.05, 3.63) is 0 Å². The number of hydrogen-bond acceptors (Lipinski definition) is 4. The van der Waals surface area contributed by atoms with Crippen molar-refractivity contribution in [3.8, 4) is 0 Å². The van der Waals surface area contributed by atoms with Crippen LogP contribution in [0.1, 0.15) is 12.8 Å². The van der Waals surface area contributed by atoms with E-state index in [1.54, 1.807) is 0 Å². The average molecular weight is 220 g/mol. The van der Waals surface area contributed by atoms with Crippen LogP contribution in [0.4, 0.5) is 0 Å². The second-order valence-electron chi connectivity index (χ2n) is 3.97. The molecule has 0 amide bonds. The molecule has 5 nitrogen and oxygen atoms in total. The summed E-state index contributed by atoms with van der Waals surface area (Å²) < 4.78 is 25.0. The average Bonchev–Trinajstić information content (AvgIpc) is 2.27. The number of sulfonamides is 1. The van der Waals surface area contributed by atoms with Crippen LogP contribution >= 0.6 is 0 Å². The van der Waals surface area contributed by atoms with Gasteiger partial charge in [-0.2, -0.15) is 4.31 Å². The van der Waals surface area contributed by atoms with Gasteiger partial charge in [0.1, 0.15) is 0 Å². The minimum Gasteiger partial charge on any atom is -0.395 e. The molecule has 2 heterocycles. The van der Waals surface area contributed by atoms with E-state index in [1.807, 2.05) is 0 Å². The fourth-order valence-electron chi connectivity index (χ4n) is 2.15. The predicted molar refractivity (Wildman–Crippen MR) is 52.4 cm³/mol. The molecule has 6 heteroatoms. The number of hydrogen-bond donors (Lipinski definition) is 2. The number of fused-ring (bicyclic) bond motifs is 2. The van der Waals surface area contributed by atoms with Crippen LogP contribution in [-0.4, -0.2) is 55.4 Å². The van der Waals surface area contributed by atoms with Crippen LogP contribution < -0.4 is 5.32 Å². The van der Waals surface area contributed by atoms with Crippen LogP contribution in [0.25, 0.3) is 0 Å². The molecule has 0 aromatic carbocycles. The molecule has 2 fully saturated rings. The highest BCUT2D eigenvalue weighted by Crippen LogP contribution is 2.20. The Morgan fingerprint density at radius 3 is 3.00 bits per heavy atom. The van der Waals surface area contributed by atoms with E-state index in [0.717, 1.165) is 6.42 Å². The van der Waals surface area contributed by atoms with E-state index < -0.39 is 10.0 Å². The van der Waals surface area contributed by atoms with E-state index in [1.165, 1.54) is 4.31 Å². The van der Waals surface area contributed by atoms with Gasteiger partial charge in [-0.05, 0) is 12.8 Å². The Morgan fingerprint density at radius 1 is 1.50 bits per heavy atom. The van der Waals surface area contributed by atoms with E-state index >= 15 is 0 Å². The van der Waals surface area contributed by atoms with Crippen LogP contribution in [0.15, 0.2) is 0 Å². The summed E-state index contributed by atoms with van der Waals surface area (Å²) in [5.74, 6) is 0.224. The summed E-state index contributed by atoms with van der Waals surface area (Å²) in [5, 5.41) is 12.3. The van der Waals surface area contributed by atoms with Crippen molar-refractivity contribution in [2.75, 3.05) is 25.4 Å². The summed E-state index contributed by atoms with van der Waals surface area (Å²) in [4.78, 5) is 0. The van der Waals surface area contributed by atoms with Crippen LogP contribution in [0.5, 0.6) is 0 Å². The Hall–Kier alpha value is -0.170. The van der Waals surface area contributed by atoms with Crippen molar-refractivity contribution in [1.82, 2.24) is 9.62 Å². The van der Waals surface area contributed by atoms with Gasteiger partial charge in [0, 0.05) is 19.1 Å². The van der Waals surface area contributed by atoms with Crippen molar-refractivity contribution >= 4 is 10.0 Å².